The summed E-state index contributed by atoms with van der Waals surface area (Å²) in [6, 6.07) is 8.72. The lowest BCUT2D eigenvalue weighted by atomic mass is 10.1. The first-order valence-electron chi connectivity index (χ1n) is 8.73. The number of anilines is 2. The molecule has 2 aromatic rings. The van der Waals surface area contributed by atoms with Crippen molar-refractivity contribution in [3.05, 3.63) is 39.8 Å². The highest BCUT2D eigenvalue weighted by Gasteiger charge is 2.25. The number of aromatic nitrogens is 1. The number of piperazine rings is 1. The fraction of sp³-hybridized carbons (Fsp3) is 0.389. The van der Waals surface area contributed by atoms with Crippen LogP contribution in [0.3, 0.4) is 0 Å². The first kappa shape index (κ1) is 21.2. The predicted molar refractivity (Wildman–Crippen MR) is 115 cm³/mol. The molecule has 152 valence electrons. The molecule has 7 nitrogen and oxygen atoms in total. The van der Waals surface area contributed by atoms with E-state index in [9.17, 15) is 8.42 Å². The highest BCUT2D eigenvalue weighted by Crippen LogP contribution is 2.31. The Hall–Kier alpha value is -1.55. The molecule has 0 amide bonds. The van der Waals surface area contributed by atoms with E-state index in [2.05, 4.69) is 49.7 Å². The quantitative estimate of drug-likeness (QED) is 0.669. The van der Waals surface area contributed by atoms with Gasteiger partial charge in [-0.2, -0.15) is 0 Å². The van der Waals surface area contributed by atoms with Crippen molar-refractivity contribution in [2.75, 3.05) is 29.8 Å². The summed E-state index contributed by atoms with van der Waals surface area (Å²) in [7, 11) is -2.47. The number of benzene rings is 1. The Morgan fingerprint density at radius 1 is 1.25 bits per heavy atom. The summed E-state index contributed by atoms with van der Waals surface area (Å²) in [4.78, 5) is 6.61. The molecule has 0 aliphatic carbocycles. The fourth-order valence-electron chi connectivity index (χ4n) is 3.24. The molecule has 0 bridgehead atoms. The zero-order chi connectivity index (χ0) is 20.5. The minimum absolute atomic E-state index is 0.0314. The number of halogens is 2. The van der Waals surface area contributed by atoms with Crippen molar-refractivity contribution < 1.29 is 13.2 Å². The van der Waals surface area contributed by atoms with Gasteiger partial charge in [0.15, 0.2) is 11.6 Å². The zero-order valence-electron chi connectivity index (χ0n) is 15.7. The topological polar surface area (TPSA) is 83.6 Å². The van der Waals surface area contributed by atoms with Crippen LogP contribution in [-0.2, 0) is 10.0 Å². The Labute approximate surface area is 178 Å². The third kappa shape index (κ3) is 4.71. The second-order valence-electron chi connectivity index (χ2n) is 6.77. The van der Waals surface area contributed by atoms with Crippen LogP contribution in [0.25, 0.3) is 0 Å². The molecule has 1 fully saturated rings. The number of nitrogens with zero attached hydrogens (tertiary/aromatic N) is 2. The summed E-state index contributed by atoms with van der Waals surface area (Å²) in [6.45, 7) is 5.75. The summed E-state index contributed by atoms with van der Waals surface area (Å²) in [5.41, 5.74) is 0. The summed E-state index contributed by atoms with van der Waals surface area (Å²) in [6.07, 6.45) is 0. The lowest BCUT2D eigenvalue weighted by Gasteiger charge is -2.37. The second kappa shape index (κ2) is 8.44. The molecule has 1 aromatic heterocycles. The van der Waals surface area contributed by atoms with E-state index in [1.807, 2.05) is 6.07 Å². The minimum atomic E-state index is -3.94. The molecule has 28 heavy (non-hydrogen) atoms. The maximum absolute atomic E-state index is 12.9. The van der Waals surface area contributed by atoms with E-state index in [1.54, 1.807) is 12.1 Å². The largest absolute Gasteiger partial charge is 0.493 e. The Morgan fingerprint density at radius 2 is 1.93 bits per heavy atom. The molecule has 2 N–H and O–H groups in total. The SMILES string of the molecule is COc1ccc(N2CC(C)NC(C)C2)nc1NS(=O)(=O)c1ccc(Br)cc1Cl. The van der Waals surface area contributed by atoms with Crippen molar-refractivity contribution in [3.63, 3.8) is 0 Å². The van der Waals surface area contributed by atoms with E-state index < -0.39 is 10.0 Å². The number of methoxy groups -OCH3 is 1. The van der Waals surface area contributed by atoms with Gasteiger partial charge in [0, 0.05) is 29.6 Å². The maximum Gasteiger partial charge on any atom is 0.264 e. The summed E-state index contributed by atoms with van der Waals surface area (Å²) >= 11 is 9.40. The number of hydrogen-bond acceptors (Lipinski definition) is 6. The van der Waals surface area contributed by atoms with E-state index >= 15 is 0 Å². The van der Waals surface area contributed by atoms with Crippen molar-refractivity contribution in [1.29, 1.82) is 0 Å². The molecule has 0 spiro atoms. The van der Waals surface area contributed by atoms with Crippen LogP contribution >= 0.6 is 27.5 Å². The first-order valence-corrected chi connectivity index (χ1v) is 11.4. The van der Waals surface area contributed by atoms with Crippen LogP contribution in [0.1, 0.15) is 13.8 Å². The van der Waals surface area contributed by atoms with Gasteiger partial charge in [0.1, 0.15) is 10.7 Å². The Kier molecular flexibility index (Phi) is 6.38. The van der Waals surface area contributed by atoms with Crippen molar-refractivity contribution in [2.24, 2.45) is 0 Å². The molecule has 0 saturated carbocycles. The van der Waals surface area contributed by atoms with Crippen molar-refractivity contribution >= 4 is 49.2 Å². The molecule has 2 atom stereocenters. The van der Waals surface area contributed by atoms with Gasteiger partial charge >= 0.3 is 0 Å². The number of nitrogens with one attached hydrogen (secondary N) is 2. The van der Waals surface area contributed by atoms with E-state index in [4.69, 9.17) is 16.3 Å². The van der Waals surface area contributed by atoms with E-state index in [0.717, 1.165) is 13.1 Å². The number of sulfonamides is 1. The first-order chi connectivity index (χ1) is 13.2. The highest BCUT2D eigenvalue weighted by molar-refractivity contribution is 9.10. The average molecular weight is 490 g/mol. The third-order valence-corrected chi connectivity index (χ3v) is 6.67. The third-order valence-electron chi connectivity index (χ3n) is 4.36. The molecule has 0 radical (unpaired) electrons. The van der Waals surface area contributed by atoms with Crippen molar-refractivity contribution in [1.82, 2.24) is 10.3 Å². The standard InChI is InChI=1S/C18H22BrClN4O3S/c1-11-9-24(10-12(2)21-11)17-7-5-15(27-3)18(22-17)23-28(25,26)16-6-4-13(19)8-14(16)20/h4-8,11-12,21H,9-10H2,1-3H3,(H,22,23). The van der Waals surface area contributed by atoms with Crippen molar-refractivity contribution in [3.8, 4) is 5.75 Å². The smallest absolute Gasteiger partial charge is 0.264 e. The number of rotatable bonds is 5. The predicted octanol–water partition coefficient (Wildman–Crippen LogP) is 3.49. The second-order valence-corrected chi connectivity index (χ2v) is 9.75. The average Bonchev–Trinajstić information content (AvgIpc) is 2.60. The van der Waals surface area contributed by atoms with Crippen LogP contribution in [0.4, 0.5) is 11.6 Å². The van der Waals surface area contributed by atoms with E-state index in [0.29, 0.717) is 28.1 Å². The normalized spacial score (nSPS) is 20.1. The molecule has 3 rings (SSSR count). The van der Waals surface area contributed by atoms with Crippen LogP contribution in [-0.4, -0.2) is 45.7 Å². The Morgan fingerprint density at radius 3 is 2.54 bits per heavy atom. The van der Waals surface area contributed by atoms with Gasteiger partial charge in [-0.3, -0.25) is 4.72 Å². The van der Waals surface area contributed by atoms with Crippen LogP contribution < -0.4 is 19.7 Å². The number of hydrogen-bond donors (Lipinski definition) is 2. The lowest BCUT2D eigenvalue weighted by Crippen LogP contribution is -2.54. The van der Waals surface area contributed by atoms with Gasteiger partial charge in [-0.1, -0.05) is 27.5 Å². The molecule has 1 aliphatic heterocycles. The van der Waals surface area contributed by atoms with Gasteiger partial charge in [0.25, 0.3) is 10.0 Å². The molecule has 1 aliphatic rings. The van der Waals surface area contributed by atoms with E-state index in [-0.39, 0.29) is 15.7 Å². The van der Waals surface area contributed by atoms with Crippen LogP contribution in [0.2, 0.25) is 5.02 Å². The Bertz CT molecular complexity index is 963. The van der Waals surface area contributed by atoms with Crippen LogP contribution in [0.5, 0.6) is 5.75 Å². The van der Waals surface area contributed by atoms with Gasteiger partial charge in [-0.05, 0) is 44.2 Å². The van der Waals surface area contributed by atoms with Crippen LogP contribution in [0, 0.1) is 0 Å². The number of ether oxygens (including phenoxy) is 1. The van der Waals surface area contributed by atoms with Gasteiger partial charge < -0.3 is 15.0 Å². The lowest BCUT2D eigenvalue weighted by molar-refractivity contribution is 0.403. The van der Waals surface area contributed by atoms with Gasteiger partial charge in [0.2, 0.25) is 0 Å². The molecule has 2 unspecified atom stereocenters. The van der Waals surface area contributed by atoms with Gasteiger partial charge in [-0.25, -0.2) is 13.4 Å². The molecular formula is C18H22BrClN4O3S. The van der Waals surface area contributed by atoms with Gasteiger partial charge in [0.05, 0.1) is 12.1 Å². The monoisotopic (exact) mass is 488 g/mol. The zero-order valence-corrected chi connectivity index (χ0v) is 18.9. The van der Waals surface area contributed by atoms with Gasteiger partial charge in [-0.15, -0.1) is 0 Å². The molecule has 1 saturated heterocycles. The summed E-state index contributed by atoms with van der Waals surface area (Å²) in [5, 5.41) is 3.58. The van der Waals surface area contributed by atoms with Crippen LogP contribution in [0.15, 0.2) is 39.7 Å². The maximum atomic E-state index is 12.9. The number of pyridine rings is 1. The Balaban J connectivity index is 1.94. The van der Waals surface area contributed by atoms with Crippen molar-refractivity contribution in [2.45, 2.75) is 30.8 Å². The molecule has 2 heterocycles. The summed E-state index contributed by atoms with van der Waals surface area (Å²) in [5.74, 6) is 1.13. The summed E-state index contributed by atoms with van der Waals surface area (Å²) < 4.78 is 34.2. The fourth-order valence-corrected chi connectivity index (χ4v) is 5.29. The molecular weight excluding hydrogens is 468 g/mol. The molecule has 1 aromatic carbocycles. The molecule has 10 heteroatoms. The highest BCUT2D eigenvalue weighted by atomic mass is 79.9. The van der Waals surface area contributed by atoms with E-state index in [1.165, 1.54) is 19.2 Å². The minimum Gasteiger partial charge on any atom is -0.493 e.